The van der Waals surface area contributed by atoms with Crippen LogP contribution in [0.1, 0.15) is 26.7 Å². The lowest BCUT2D eigenvalue weighted by Gasteiger charge is -2.17. The molecule has 0 aliphatic rings. The molecule has 0 fully saturated rings. The molecule has 1 rings (SSSR count). The van der Waals surface area contributed by atoms with Crippen molar-refractivity contribution < 1.29 is 4.79 Å². The van der Waals surface area contributed by atoms with Crippen molar-refractivity contribution in [3.63, 3.8) is 0 Å². The lowest BCUT2D eigenvalue weighted by Crippen LogP contribution is -2.37. The molecule has 106 valence electrons. The number of hydrogen-bond donors (Lipinski definition) is 2. The van der Waals surface area contributed by atoms with Crippen molar-refractivity contribution in [1.29, 1.82) is 0 Å². The zero-order valence-corrected chi connectivity index (χ0v) is 12.4. The first kappa shape index (κ1) is 15.3. The van der Waals surface area contributed by atoms with E-state index in [2.05, 4.69) is 17.6 Å². The molecule has 4 nitrogen and oxygen atoms in total. The highest BCUT2D eigenvalue weighted by Crippen LogP contribution is 2.16. The first-order valence-corrected chi connectivity index (χ1v) is 6.86. The molecule has 19 heavy (non-hydrogen) atoms. The van der Waals surface area contributed by atoms with Gasteiger partial charge in [-0.25, -0.2) is 0 Å². The second-order valence-electron chi connectivity index (χ2n) is 4.95. The molecule has 1 aromatic rings. The standard InChI is InChI=1S/C15H25N3O/c1-5-6-11-16-15(19)12(2)17-13-7-9-14(10-8-13)18(3)4/h7-10,12,17H,5-6,11H2,1-4H3,(H,16,19). The summed E-state index contributed by atoms with van der Waals surface area (Å²) >= 11 is 0. The Bertz CT molecular complexity index is 387. The maximum absolute atomic E-state index is 11.8. The van der Waals surface area contributed by atoms with Crippen molar-refractivity contribution in [2.75, 3.05) is 30.9 Å². The van der Waals surface area contributed by atoms with Gasteiger partial charge in [-0.3, -0.25) is 4.79 Å². The lowest BCUT2D eigenvalue weighted by molar-refractivity contribution is -0.121. The second kappa shape index (κ2) is 7.67. The van der Waals surface area contributed by atoms with E-state index in [1.165, 1.54) is 0 Å². The molecule has 2 N–H and O–H groups in total. The molecule has 0 aliphatic heterocycles. The van der Waals surface area contributed by atoms with E-state index in [-0.39, 0.29) is 11.9 Å². The molecule has 0 radical (unpaired) electrons. The van der Waals surface area contributed by atoms with E-state index in [0.717, 1.165) is 30.8 Å². The van der Waals surface area contributed by atoms with Crippen molar-refractivity contribution in [3.8, 4) is 0 Å². The molecule has 0 bridgehead atoms. The Morgan fingerprint density at radius 1 is 1.26 bits per heavy atom. The van der Waals surface area contributed by atoms with Gasteiger partial charge in [-0.2, -0.15) is 0 Å². The van der Waals surface area contributed by atoms with Crippen LogP contribution in [0.3, 0.4) is 0 Å². The third-order valence-corrected chi connectivity index (χ3v) is 2.99. The third kappa shape index (κ3) is 5.20. The Morgan fingerprint density at radius 2 is 1.89 bits per heavy atom. The fraction of sp³-hybridized carbons (Fsp3) is 0.533. The van der Waals surface area contributed by atoms with Gasteiger partial charge in [0.1, 0.15) is 6.04 Å². The molecule has 0 aromatic heterocycles. The van der Waals surface area contributed by atoms with E-state index >= 15 is 0 Å². The molecule has 0 heterocycles. The summed E-state index contributed by atoms with van der Waals surface area (Å²) in [6.07, 6.45) is 2.12. The number of nitrogens with one attached hydrogen (secondary N) is 2. The summed E-state index contributed by atoms with van der Waals surface area (Å²) < 4.78 is 0. The van der Waals surface area contributed by atoms with Crippen LogP contribution in [-0.4, -0.2) is 32.6 Å². The van der Waals surface area contributed by atoms with Crippen LogP contribution in [0, 0.1) is 0 Å². The first-order chi connectivity index (χ1) is 9.04. The molecule has 1 unspecified atom stereocenters. The fourth-order valence-corrected chi connectivity index (χ4v) is 1.71. The Labute approximate surface area is 116 Å². The molecule has 0 aliphatic carbocycles. The van der Waals surface area contributed by atoms with Crippen molar-refractivity contribution in [3.05, 3.63) is 24.3 Å². The van der Waals surface area contributed by atoms with Crippen molar-refractivity contribution >= 4 is 17.3 Å². The Kier molecular flexibility index (Phi) is 6.19. The molecular formula is C15H25N3O. The van der Waals surface area contributed by atoms with Gasteiger partial charge in [0.25, 0.3) is 0 Å². The Hall–Kier alpha value is -1.71. The van der Waals surface area contributed by atoms with Gasteiger partial charge in [-0.05, 0) is 37.6 Å². The minimum Gasteiger partial charge on any atom is -0.378 e. The van der Waals surface area contributed by atoms with Gasteiger partial charge in [0.15, 0.2) is 0 Å². The van der Waals surface area contributed by atoms with Crippen molar-refractivity contribution in [2.45, 2.75) is 32.7 Å². The summed E-state index contributed by atoms with van der Waals surface area (Å²) in [5.74, 6) is 0.0464. The number of carbonyl (C=O) groups is 1. The van der Waals surface area contributed by atoms with E-state index in [1.54, 1.807) is 0 Å². The molecule has 0 saturated heterocycles. The summed E-state index contributed by atoms with van der Waals surface area (Å²) in [6.45, 7) is 4.74. The normalized spacial score (nSPS) is 11.8. The Morgan fingerprint density at radius 3 is 2.42 bits per heavy atom. The molecule has 1 aromatic carbocycles. The number of nitrogens with zero attached hydrogens (tertiary/aromatic N) is 1. The summed E-state index contributed by atoms with van der Waals surface area (Å²) in [6, 6.07) is 7.83. The summed E-state index contributed by atoms with van der Waals surface area (Å²) in [5.41, 5.74) is 2.11. The molecule has 1 atom stereocenters. The highest BCUT2D eigenvalue weighted by molar-refractivity contribution is 5.84. The molecule has 0 spiro atoms. The van der Waals surface area contributed by atoms with E-state index < -0.39 is 0 Å². The monoisotopic (exact) mass is 263 g/mol. The van der Waals surface area contributed by atoms with E-state index in [0.29, 0.717) is 0 Å². The lowest BCUT2D eigenvalue weighted by atomic mass is 10.2. The van der Waals surface area contributed by atoms with Crippen LogP contribution in [0.2, 0.25) is 0 Å². The number of amides is 1. The second-order valence-corrected chi connectivity index (χ2v) is 4.95. The summed E-state index contributed by atoms with van der Waals surface area (Å²) in [7, 11) is 4.01. The van der Waals surface area contributed by atoms with Crippen LogP contribution in [0.5, 0.6) is 0 Å². The van der Waals surface area contributed by atoms with Crippen LogP contribution in [-0.2, 0) is 4.79 Å². The van der Waals surface area contributed by atoms with Gasteiger partial charge >= 0.3 is 0 Å². The van der Waals surface area contributed by atoms with Crippen LogP contribution in [0.15, 0.2) is 24.3 Å². The minimum atomic E-state index is -0.220. The topological polar surface area (TPSA) is 44.4 Å². The maximum Gasteiger partial charge on any atom is 0.242 e. The van der Waals surface area contributed by atoms with Crippen LogP contribution in [0.4, 0.5) is 11.4 Å². The number of unbranched alkanes of at least 4 members (excludes halogenated alkanes) is 1. The number of hydrogen-bond acceptors (Lipinski definition) is 3. The van der Waals surface area contributed by atoms with Crippen LogP contribution >= 0.6 is 0 Å². The largest absolute Gasteiger partial charge is 0.378 e. The average Bonchev–Trinajstić information content (AvgIpc) is 2.39. The quantitative estimate of drug-likeness (QED) is 0.743. The van der Waals surface area contributed by atoms with E-state index in [9.17, 15) is 4.79 Å². The SMILES string of the molecule is CCCCNC(=O)C(C)Nc1ccc(N(C)C)cc1. The molecule has 4 heteroatoms. The molecular weight excluding hydrogens is 238 g/mol. The van der Waals surface area contributed by atoms with E-state index in [4.69, 9.17) is 0 Å². The van der Waals surface area contributed by atoms with Crippen LogP contribution in [0.25, 0.3) is 0 Å². The number of anilines is 2. The number of benzene rings is 1. The van der Waals surface area contributed by atoms with E-state index in [1.807, 2.05) is 50.2 Å². The first-order valence-electron chi connectivity index (χ1n) is 6.86. The number of rotatable bonds is 7. The average molecular weight is 263 g/mol. The smallest absolute Gasteiger partial charge is 0.242 e. The van der Waals surface area contributed by atoms with Gasteiger partial charge in [0.2, 0.25) is 5.91 Å². The molecule has 0 saturated carbocycles. The third-order valence-electron chi connectivity index (χ3n) is 2.99. The Balaban J connectivity index is 2.47. The predicted molar refractivity (Wildman–Crippen MR) is 81.8 cm³/mol. The molecule has 1 amide bonds. The van der Waals surface area contributed by atoms with Gasteiger partial charge in [-0.1, -0.05) is 13.3 Å². The zero-order chi connectivity index (χ0) is 14.3. The summed E-state index contributed by atoms with van der Waals surface area (Å²) in [5, 5.41) is 6.13. The highest BCUT2D eigenvalue weighted by Gasteiger charge is 2.11. The minimum absolute atomic E-state index is 0.0464. The highest BCUT2D eigenvalue weighted by atomic mass is 16.2. The maximum atomic E-state index is 11.8. The zero-order valence-electron chi connectivity index (χ0n) is 12.4. The summed E-state index contributed by atoms with van der Waals surface area (Å²) in [4.78, 5) is 13.9. The predicted octanol–water partition coefficient (Wildman–Crippen LogP) is 2.47. The van der Waals surface area contributed by atoms with Crippen LogP contribution < -0.4 is 15.5 Å². The van der Waals surface area contributed by atoms with Gasteiger partial charge in [-0.15, -0.1) is 0 Å². The van der Waals surface area contributed by atoms with Gasteiger partial charge in [0.05, 0.1) is 0 Å². The number of carbonyl (C=O) groups excluding carboxylic acids is 1. The van der Waals surface area contributed by atoms with Gasteiger partial charge in [0, 0.05) is 32.0 Å². The van der Waals surface area contributed by atoms with Gasteiger partial charge < -0.3 is 15.5 Å². The van der Waals surface area contributed by atoms with Crippen molar-refractivity contribution in [2.24, 2.45) is 0 Å². The van der Waals surface area contributed by atoms with Crippen molar-refractivity contribution in [1.82, 2.24) is 5.32 Å². The fourth-order valence-electron chi connectivity index (χ4n) is 1.71.